The van der Waals surface area contributed by atoms with Gasteiger partial charge in [-0.1, -0.05) is 53.9 Å². The van der Waals surface area contributed by atoms with E-state index in [1.165, 1.54) is 30.9 Å². The molecule has 134 valence electrons. The van der Waals surface area contributed by atoms with Crippen LogP contribution in [0.5, 0.6) is 5.75 Å². The van der Waals surface area contributed by atoms with Crippen LogP contribution < -0.4 is 4.74 Å². The minimum Gasteiger partial charge on any atom is -0.486 e. The monoisotopic (exact) mass is 389 g/mol. The van der Waals surface area contributed by atoms with Crippen LogP contribution >= 0.6 is 23.2 Å². The summed E-state index contributed by atoms with van der Waals surface area (Å²) in [5.74, 6) is 0.00976. The van der Waals surface area contributed by atoms with Crippen molar-refractivity contribution in [1.29, 1.82) is 0 Å². The first-order valence-corrected chi connectivity index (χ1v) is 9.24. The third kappa shape index (κ3) is 3.15. The van der Waals surface area contributed by atoms with Gasteiger partial charge in [0, 0.05) is 10.9 Å². The summed E-state index contributed by atoms with van der Waals surface area (Å²) < 4.78 is 5.85. The number of nitrogens with one attached hydrogen (secondary N) is 1. The first-order valence-electron chi connectivity index (χ1n) is 8.48. The van der Waals surface area contributed by atoms with Crippen molar-refractivity contribution in [2.24, 2.45) is 0 Å². The number of rotatable bonds is 5. The molecule has 4 rings (SSSR count). The Balaban J connectivity index is 1.55. The van der Waals surface area contributed by atoms with E-state index >= 15 is 0 Å². The molecule has 0 unspecified atom stereocenters. The Hall–Kier alpha value is -2.17. The zero-order chi connectivity index (χ0) is 18.3. The summed E-state index contributed by atoms with van der Waals surface area (Å²) >= 11 is 12.7. The fourth-order valence-corrected chi connectivity index (χ4v) is 3.84. The van der Waals surface area contributed by atoms with Gasteiger partial charge in [-0.25, -0.2) is 4.79 Å². The van der Waals surface area contributed by atoms with Gasteiger partial charge in [0.2, 0.25) is 0 Å². The number of aromatic carboxylic acids is 1. The Kier molecular flexibility index (Phi) is 4.55. The fraction of sp³-hybridized carbons (Fsp3) is 0.250. The van der Waals surface area contributed by atoms with E-state index < -0.39 is 5.97 Å². The average Bonchev–Trinajstić information content (AvgIpc) is 2.99. The van der Waals surface area contributed by atoms with Crippen molar-refractivity contribution < 1.29 is 14.6 Å². The lowest BCUT2D eigenvalue weighted by Crippen LogP contribution is -2.08. The van der Waals surface area contributed by atoms with E-state index in [1.54, 1.807) is 6.07 Å². The van der Waals surface area contributed by atoms with Crippen LogP contribution in [0, 0.1) is 0 Å². The lowest BCUT2D eigenvalue weighted by atomic mass is 9.80. The molecule has 0 bridgehead atoms. The van der Waals surface area contributed by atoms with Gasteiger partial charge in [-0.3, -0.25) is 0 Å². The number of benzene rings is 2. The quantitative estimate of drug-likeness (QED) is 0.560. The highest BCUT2D eigenvalue weighted by atomic mass is 35.5. The van der Waals surface area contributed by atoms with Crippen LogP contribution in [-0.4, -0.2) is 16.1 Å². The number of hydrogen-bond acceptors (Lipinski definition) is 2. The second kappa shape index (κ2) is 6.86. The third-order valence-corrected chi connectivity index (χ3v) is 5.60. The minimum atomic E-state index is -1.05. The van der Waals surface area contributed by atoms with E-state index in [4.69, 9.17) is 33.0 Å². The van der Waals surface area contributed by atoms with Crippen molar-refractivity contribution in [2.45, 2.75) is 31.8 Å². The first-order chi connectivity index (χ1) is 12.5. The maximum atomic E-state index is 11.1. The van der Waals surface area contributed by atoms with Crippen molar-refractivity contribution in [2.75, 3.05) is 0 Å². The van der Waals surface area contributed by atoms with Crippen LogP contribution in [0.25, 0.3) is 10.9 Å². The van der Waals surface area contributed by atoms with E-state index in [0.29, 0.717) is 39.2 Å². The summed E-state index contributed by atoms with van der Waals surface area (Å²) in [6, 6.07) is 11.5. The molecule has 1 aromatic heterocycles. The predicted molar refractivity (Wildman–Crippen MR) is 103 cm³/mol. The van der Waals surface area contributed by atoms with Crippen LogP contribution in [-0.2, 0) is 6.61 Å². The lowest BCUT2D eigenvalue weighted by molar-refractivity contribution is 0.0691. The molecule has 1 aliphatic rings. The van der Waals surface area contributed by atoms with E-state index in [1.807, 2.05) is 0 Å². The molecular formula is C20H17Cl2NO3. The Bertz CT molecular complexity index is 975. The second-order valence-electron chi connectivity index (χ2n) is 6.61. The molecule has 1 heterocycles. The van der Waals surface area contributed by atoms with Gasteiger partial charge in [-0.05, 0) is 42.0 Å². The minimum absolute atomic E-state index is 0.0571. The SMILES string of the molecule is O=C(O)c1cc2c(Cl)c(OCc3ccc(C4CCC4)cc3)c(Cl)cc2[nH]1. The number of aromatic nitrogens is 1. The van der Waals surface area contributed by atoms with Gasteiger partial charge in [-0.2, -0.15) is 0 Å². The molecular weight excluding hydrogens is 373 g/mol. The molecule has 4 nitrogen and oxygen atoms in total. The zero-order valence-electron chi connectivity index (χ0n) is 13.9. The van der Waals surface area contributed by atoms with Gasteiger partial charge < -0.3 is 14.8 Å². The van der Waals surface area contributed by atoms with E-state index in [0.717, 1.165) is 5.56 Å². The highest BCUT2D eigenvalue weighted by Crippen LogP contribution is 2.40. The third-order valence-electron chi connectivity index (χ3n) is 4.94. The highest BCUT2D eigenvalue weighted by Gasteiger charge is 2.19. The molecule has 3 aromatic rings. The van der Waals surface area contributed by atoms with E-state index in [-0.39, 0.29) is 5.69 Å². The molecule has 6 heteroatoms. The fourth-order valence-electron chi connectivity index (χ4n) is 3.22. The van der Waals surface area contributed by atoms with Crippen molar-refractivity contribution >= 4 is 40.1 Å². The highest BCUT2D eigenvalue weighted by molar-refractivity contribution is 6.41. The Labute approximate surface area is 160 Å². The molecule has 1 fully saturated rings. The molecule has 26 heavy (non-hydrogen) atoms. The van der Waals surface area contributed by atoms with Crippen molar-refractivity contribution in [3.63, 3.8) is 0 Å². The maximum Gasteiger partial charge on any atom is 0.352 e. The number of aromatic amines is 1. The number of carboxylic acid groups (broad SMARTS) is 1. The molecule has 0 saturated heterocycles. The van der Waals surface area contributed by atoms with E-state index in [2.05, 4.69) is 29.2 Å². The summed E-state index contributed by atoms with van der Waals surface area (Å²) in [5.41, 5.74) is 3.03. The summed E-state index contributed by atoms with van der Waals surface area (Å²) in [5, 5.41) is 10.3. The normalized spacial score (nSPS) is 14.4. The van der Waals surface area contributed by atoms with Gasteiger partial charge in [0.15, 0.2) is 5.75 Å². The molecule has 0 spiro atoms. The Morgan fingerprint density at radius 1 is 1.19 bits per heavy atom. The van der Waals surface area contributed by atoms with E-state index in [9.17, 15) is 4.79 Å². The van der Waals surface area contributed by atoms with Crippen LogP contribution in [0.2, 0.25) is 10.0 Å². The number of hydrogen-bond donors (Lipinski definition) is 2. The van der Waals surface area contributed by atoms with Gasteiger partial charge >= 0.3 is 5.97 Å². The summed E-state index contributed by atoms with van der Waals surface area (Å²) in [7, 11) is 0. The number of ether oxygens (including phenoxy) is 1. The van der Waals surface area contributed by atoms with Gasteiger partial charge in [-0.15, -0.1) is 0 Å². The smallest absolute Gasteiger partial charge is 0.352 e. The molecule has 0 aliphatic heterocycles. The number of carbonyl (C=O) groups is 1. The van der Waals surface area contributed by atoms with Crippen molar-refractivity contribution in [3.8, 4) is 5.75 Å². The molecule has 1 aliphatic carbocycles. The molecule has 2 N–H and O–H groups in total. The second-order valence-corrected chi connectivity index (χ2v) is 7.39. The van der Waals surface area contributed by atoms with Crippen LogP contribution in [0.3, 0.4) is 0 Å². The lowest BCUT2D eigenvalue weighted by Gasteiger charge is -2.25. The predicted octanol–water partition coefficient (Wildman–Crippen LogP) is 6.02. The summed E-state index contributed by atoms with van der Waals surface area (Å²) in [4.78, 5) is 13.9. The summed E-state index contributed by atoms with van der Waals surface area (Å²) in [6.45, 7) is 0.339. The first kappa shape index (κ1) is 17.3. The molecule has 0 radical (unpaired) electrons. The number of carboxylic acids is 1. The summed E-state index contributed by atoms with van der Waals surface area (Å²) in [6.07, 6.45) is 3.86. The van der Waals surface area contributed by atoms with Gasteiger partial charge in [0.05, 0.1) is 10.0 Å². The van der Waals surface area contributed by atoms with Crippen LogP contribution in [0.15, 0.2) is 36.4 Å². The van der Waals surface area contributed by atoms with Crippen LogP contribution in [0.1, 0.15) is 46.8 Å². The van der Waals surface area contributed by atoms with Crippen LogP contribution in [0.4, 0.5) is 0 Å². The zero-order valence-corrected chi connectivity index (χ0v) is 15.4. The maximum absolute atomic E-state index is 11.1. The largest absolute Gasteiger partial charge is 0.486 e. The number of H-pyrrole nitrogens is 1. The molecule has 1 saturated carbocycles. The molecule has 2 aromatic carbocycles. The number of halogens is 2. The topological polar surface area (TPSA) is 62.3 Å². The Morgan fingerprint density at radius 3 is 2.54 bits per heavy atom. The molecule has 0 atom stereocenters. The van der Waals surface area contributed by atoms with Gasteiger partial charge in [0.25, 0.3) is 0 Å². The number of fused-ring (bicyclic) bond motifs is 1. The van der Waals surface area contributed by atoms with Crippen molar-refractivity contribution in [3.05, 3.63) is 63.3 Å². The Morgan fingerprint density at radius 2 is 1.92 bits per heavy atom. The standard InChI is InChI=1S/C20H17Cl2NO3/c21-15-9-16-14(8-17(23-16)20(24)25)18(22)19(15)26-10-11-4-6-13(7-5-11)12-2-1-3-12/h4-9,12,23H,1-3,10H2,(H,24,25). The molecule has 0 amide bonds. The van der Waals surface area contributed by atoms with Crippen molar-refractivity contribution in [1.82, 2.24) is 4.98 Å². The average molecular weight is 390 g/mol. The van der Waals surface area contributed by atoms with Gasteiger partial charge in [0.1, 0.15) is 12.3 Å².